The topological polar surface area (TPSA) is 407 Å². The summed E-state index contributed by atoms with van der Waals surface area (Å²) < 4.78 is 16.6. The number of amides is 9. The average Bonchev–Trinajstić information content (AvgIpc) is 1.64. The second-order valence-corrected chi connectivity index (χ2v) is 24.0. The number of aliphatic hydroxyl groups is 2. The number of nitrogens with zero attached hydrogens (tertiary/aromatic N) is 3. The molecule has 0 radical (unpaired) electrons. The van der Waals surface area contributed by atoms with Gasteiger partial charge in [-0.25, -0.2) is 9.69 Å². The van der Waals surface area contributed by atoms with Crippen LogP contribution in [0.25, 0.3) is 10.9 Å². The van der Waals surface area contributed by atoms with Gasteiger partial charge in [0.1, 0.15) is 61.0 Å². The molecule has 0 unspecified atom stereocenters. The minimum absolute atomic E-state index is 0.0141. The van der Waals surface area contributed by atoms with Gasteiger partial charge in [-0.1, -0.05) is 124 Å². The molecule has 7 rings (SSSR count). The molecule has 2 heterocycles. The third-order valence-corrected chi connectivity index (χ3v) is 16.3. The first kappa shape index (κ1) is 74.2. The number of para-hydroxylation sites is 1. The first-order chi connectivity index (χ1) is 46.7. The Morgan fingerprint density at radius 3 is 1.77 bits per heavy atom. The number of nitrogens with two attached hydrogens (primary N) is 3. The Morgan fingerprint density at radius 1 is 0.619 bits per heavy atom. The van der Waals surface area contributed by atoms with Crippen LogP contribution < -0.4 is 58.6 Å². The molecule has 1 saturated heterocycles. The minimum atomic E-state index is -1.90. The number of hydrogen-bond acceptors (Lipinski definition) is 17. The summed E-state index contributed by atoms with van der Waals surface area (Å²) in [5.74, 6) is -7.65. The van der Waals surface area contributed by atoms with Gasteiger partial charge < -0.3 is 78.5 Å². The maximum Gasteiger partial charge on any atom is 0.408 e. The molecule has 9 amide bonds. The molecule has 5 aromatic carbocycles. The first-order valence-electron chi connectivity index (χ1n) is 32.3. The Labute approximate surface area is 563 Å². The van der Waals surface area contributed by atoms with E-state index in [0.29, 0.717) is 69.1 Å². The summed E-state index contributed by atoms with van der Waals surface area (Å²) in [6.07, 6.45) is 0.520. The lowest BCUT2D eigenvalue weighted by Crippen LogP contribution is -2.63. The van der Waals surface area contributed by atoms with Gasteiger partial charge in [0.25, 0.3) is 17.7 Å². The number of nitrogens with one attached hydrogen (secondary N) is 7. The highest BCUT2D eigenvalue weighted by Crippen LogP contribution is 2.24. The third-order valence-electron chi connectivity index (χ3n) is 16.3. The fourth-order valence-corrected chi connectivity index (χ4v) is 11.1. The van der Waals surface area contributed by atoms with Gasteiger partial charge in [0.05, 0.1) is 32.4 Å². The van der Waals surface area contributed by atoms with E-state index < -0.39 is 121 Å². The van der Waals surface area contributed by atoms with Gasteiger partial charge in [0.15, 0.2) is 5.96 Å². The number of rotatable bonds is 35. The molecule has 0 aliphatic carbocycles. The monoisotopic (exact) mass is 1340 g/mol. The van der Waals surface area contributed by atoms with Crippen molar-refractivity contribution in [3.05, 3.63) is 167 Å². The van der Waals surface area contributed by atoms with Crippen LogP contribution in [0, 0.1) is 5.92 Å². The van der Waals surface area contributed by atoms with Crippen LogP contribution in [-0.4, -0.2) is 173 Å². The van der Waals surface area contributed by atoms with Gasteiger partial charge in [0.2, 0.25) is 29.5 Å². The summed E-state index contributed by atoms with van der Waals surface area (Å²) in [6.45, 7) is 4.15. The number of alkyl carbamates (subject to hydrolysis) is 1. The van der Waals surface area contributed by atoms with Crippen molar-refractivity contribution in [2.45, 2.75) is 134 Å². The summed E-state index contributed by atoms with van der Waals surface area (Å²) in [5.41, 5.74) is 21.6. The third kappa shape index (κ3) is 22.2. The van der Waals surface area contributed by atoms with E-state index in [1.165, 1.54) is 7.11 Å². The number of H-pyrrole nitrogens is 1. The highest BCUT2D eigenvalue weighted by Gasteiger charge is 2.45. The molecule has 15 N–H and O–H groups in total. The Hall–Kier alpha value is -10.2. The molecule has 1 aliphatic heterocycles. The summed E-state index contributed by atoms with van der Waals surface area (Å²) in [5, 5.41) is 37.5. The molecule has 1 fully saturated rings. The molecule has 1 aromatic heterocycles. The van der Waals surface area contributed by atoms with E-state index in [-0.39, 0.29) is 70.2 Å². The van der Waals surface area contributed by atoms with Gasteiger partial charge in [-0.3, -0.25) is 48.2 Å². The molecule has 97 heavy (non-hydrogen) atoms. The van der Waals surface area contributed by atoms with Crippen molar-refractivity contribution in [1.82, 2.24) is 46.7 Å². The summed E-state index contributed by atoms with van der Waals surface area (Å²) in [4.78, 5) is 142. The van der Waals surface area contributed by atoms with Gasteiger partial charge in [0, 0.05) is 36.5 Å². The number of fused-ring (bicyclic) bond motifs is 1. The average molecular weight is 1340 g/mol. The number of aromatic amines is 1. The number of benzene rings is 5. The number of aromatic nitrogens is 1. The number of likely N-dealkylation sites (N-methyl/N-ethyl adjacent to an activating group) is 1. The Morgan fingerprint density at radius 2 is 1.15 bits per heavy atom. The van der Waals surface area contributed by atoms with Crippen LogP contribution >= 0.6 is 0 Å². The van der Waals surface area contributed by atoms with Gasteiger partial charge >= 0.3 is 6.09 Å². The van der Waals surface area contributed by atoms with Crippen molar-refractivity contribution in [2.75, 3.05) is 40.0 Å². The lowest BCUT2D eigenvalue weighted by molar-refractivity contribution is -0.159. The lowest BCUT2D eigenvalue weighted by atomic mass is 9.99. The number of carbonyl (C=O) groups excluding carboxylic acids is 9. The molecule has 0 spiro atoms. The maximum atomic E-state index is 15.9. The number of aliphatic hydroxyl groups excluding tert-OH is 2. The summed E-state index contributed by atoms with van der Waals surface area (Å²) in [6, 6.07) is 26.4. The van der Waals surface area contributed by atoms with Crippen LogP contribution in [0.5, 0.6) is 11.5 Å². The van der Waals surface area contributed by atoms with E-state index in [1.54, 1.807) is 121 Å². The first-order valence-corrected chi connectivity index (χ1v) is 32.3. The molecule has 518 valence electrons. The number of aliphatic imine (C=N–C) groups is 1. The van der Waals surface area contributed by atoms with Gasteiger partial charge in [-0.15, -0.1) is 0 Å². The van der Waals surface area contributed by atoms with Crippen molar-refractivity contribution in [3.8, 4) is 11.5 Å². The SMILES string of the molecule is CCN1CCC[C@H]1C(=O)N(C(=O)[C@H](CCCN=C(N)N)NC(=O)[C@H](CC(C)C)NC(=O)[C@H](N)Cc1ccc(OC)cc1)C(=O)[C@H](Cc1ccc(OCc2ccccc2)cc1)NC(=O)[C@H](CO)NC(=O)[C@H](Cc1c[nH]c2ccccc12)NC(=O)[C@H](CO)NC(=O)OCc1ccccc1. The van der Waals surface area contributed by atoms with Crippen molar-refractivity contribution in [2.24, 2.45) is 28.1 Å². The van der Waals surface area contributed by atoms with Gasteiger partial charge in [-0.05, 0) is 116 Å². The number of methoxy groups -OCH3 is 1. The number of carbonyl (C=O) groups is 9. The molecule has 6 aromatic rings. The summed E-state index contributed by atoms with van der Waals surface area (Å²) in [7, 11) is 1.52. The van der Waals surface area contributed by atoms with Crippen molar-refractivity contribution < 1.29 is 67.6 Å². The smallest absolute Gasteiger partial charge is 0.408 e. The quantitative estimate of drug-likeness (QED) is 0.0154. The fraction of sp³-hybridized carbons (Fsp3) is 0.400. The number of imide groups is 3. The number of guanidine groups is 1. The molecule has 1 aliphatic rings. The van der Waals surface area contributed by atoms with Crippen LogP contribution in [0.15, 0.2) is 145 Å². The van der Waals surface area contributed by atoms with Crippen LogP contribution in [0.3, 0.4) is 0 Å². The Balaban J connectivity index is 1.21. The number of likely N-dealkylation sites (tertiary alicyclic amines) is 1. The highest BCUT2D eigenvalue weighted by atomic mass is 16.5. The van der Waals surface area contributed by atoms with E-state index in [1.807, 2.05) is 44.2 Å². The van der Waals surface area contributed by atoms with Crippen molar-refractivity contribution in [1.29, 1.82) is 0 Å². The second kappa shape index (κ2) is 37.2. The molecule has 0 saturated carbocycles. The zero-order chi connectivity index (χ0) is 70.0. The Kier molecular flexibility index (Phi) is 28.4. The van der Waals surface area contributed by atoms with E-state index in [2.05, 4.69) is 41.9 Å². The van der Waals surface area contributed by atoms with E-state index in [0.717, 1.165) is 5.56 Å². The highest BCUT2D eigenvalue weighted by molar-refractivity contribution is 6.16. The van der Waals surface area contributed by atoms with Gasteiger partial charge in [-0.2, -0.15) is 0 Å². The zero-order valence-electron chi connectivity index (χ0n) is 54.9. The molecule has 27 nitrogen and oxygen atoms in total. The predicted molar refractivity (Wildman–Crippen MR) is 361 cm³/mol. The van der Waals surface area contributed by atoms with Crippen molar-refractivity contribution >= 4 is 70.2 Å². The standard InChI is InChI=1S/C70H89N13O14/c1-5-82-33-15-23-60(82)68(93)83(66(91)54(22-14-32-74-69(72)73)76-62(87)55(34-43(2)3)77-61(86)52(71)35-44-24-28-49(95-4)29-25-44)67(92)57(36-45-26-30-50(31-27-45)96-41-46-16-8-6-9-17-46)79-64(89)58(39-84)80-63(88)56(37-48-38-75-53-21-13-12-20-51(48)53)78-65(90)59(40-85)81-70(94)97-42-47-18-10-7-11-19-47/h6-13,16-21,24-31,38,43,52,54-60,75,84-85H,5,14-15,22-23,32-37,39-42,71H2,1-4H3,(H,76,87)(H,77,86)(H,78,90)(H,79,89)(H,80,88)(H,81,94)(H4,72,73,74)/t52-,54+,55+,56+,57+,58+,59+,60+/m1/s1. The lowest BCUT2D eigenvalue weighted by Gasteiger charge is -2.33. The maximum absolute atomic E-state index is 15.9. The molecule has 8 atom stereocenters. The van der Waals surface area contributed by atoms with Crippen LogP contribution in [-0.2, 0) is 75.6 Å². The number of ether oxygens (including phenoxy) is 3. The number of hydrogen-bond donors (Lipinski definition) is 12. The fourth-order valence-electron chi connectivity index (χ4n) is 11.1. The van der Waals surface area contributed by atoms with Crippen LogP contribution in [0.2, 0.25) is 0 Å². The Bertz CT molecular complexity index is 3630. The molecule has 27 heteroatoms. The van der Waals surface area contributed by atoms with Crippen LogP contribution in [0.4, 0.5) is 4.79 Å². The minimum Gasteiger partial charge on any atom is -0.497 e. The van der Waals surface area contributed by atoms with E-state index in [4.69, 9.17) is 31.4 Å². The summed E-state index contributed by atoms with van der Waals surface area (Å²) >= 11 is 0. The molecular weight excluding hydrogens is 1250 g/mol. The van der Waals surface area contributed by atoms with E-state index in [9.17, 15) is 39.0 Å². The normalized spacial score (nSPS) is 15.0. The molecule has 0 bridgehead atoms. The zero-order valence-corrected chi connectivity index (χ0v) is 54.9. The molecular formula is C70H89N13O14. The van der Waals surface area contributed by atoms with Crippen molar-refractivity contribution in [3.63, 3.8) is 0 Å². The second-order valence-electron chi connectivity index (χ2n) is 24.0. The van der Waals surface area contributed by atoms with E-state index >= 15 is 14.4 Å². The largest absolute Gasteiger partial charge is 0.497 e. The van der Waals surface area contributed by atoms with Crippen LogP contribution in [0.1, 0.15) is 80.7 Å². The predicted octanol–water partition coefficient (Wildman–Crippen LogP) is 2.28.